The topological polar surface area (TPSA) is 78.5 Å². The molecule has 3 atom stereocenters. The second-order valence-electron chi connectivity index (χ2n) is 7.45. The highest BCUT2D eigenvalue weighted by atomic mass is 35.5. The first-order chi connectivity index (χ1) is 14.4. The molecule has 2 aromatic rings. The van der Waals surface area contributed by atoms with Gasteiger partial charge in [0.05, 0.1) is 12.0 Å². The fourth-order valence-electron chi connectivity index (χ4n) is 4.43. The van der Waals surface area contributed by atoms with Gasteiger partial charge in [0, 0.05) is 29.2 Å². The number of carbonyl (C=O) groups excluding carboxylic acids is 3. The number of benzene rings is 2. The number of fused-ring (bicyclic) bond motifs is 1. The number of rotatable bonds is 3. The van der Waals surface area contributed by atoms with Gasteiger partial charge in [0.25, 0.3) is 5.91 Å². The molecule has 156 valence electrons. The van der Waals surface area contributed by atoms with Gasteiger partial charge in [-0.05, 0) is 42.2 Å². The highest BCUT2D eigenvalue weighted by molar-refractivity contribution is 6.35. The fourth-order valence-corrected chi connectivity index (χ4v) is 4.95. The molecule has 0 radical (unpaired) electrons. The number of nitrogens with one attached hydrogen (secondary N) is 2. The Labute approximate surface area is 184 Å². The molecule has 30 heavy (non-hydrogen) atoms. The summed E-state index contributed by atoms with van der Waals surface area (Å²) >= 11 is 12.6. The molecule has 0 unspecified atom stereocenters. The molecule has 0 saturated carbocycles. The van der Waals surface area contributed by atoms with Gasteiger partial charge in [-0.3, -0.25) is 14.4 Å². The van der Waals surface area contributed by atoms with Crippen LogP contribution >= 0.6 is 23.2 Å². The predicted molar refractivity (Wildman–Crippen MR) is 115 cm³/mol. The second-order valence-corrected chi connectivity index (χ2v) is 8.29. The van der Waals surface area contributed by atoms with E-state index in [2.05, 4.69) is 10.6 Å². The Bertz CT molecular complexity index is 1030. The third kappa shape index (κ3) is 3.44. The summed E-state index contributed by atoms with van der Waals surface area (Å²) in [6, 6.07) is 10.6. The van der Waals surface area contributed by atoms with Gasteiger partial charge in [0.2, 0.25) is 11.8 Å². The van der Waals surface area contributed by atoms with Crippen molar-refractivity contribution in [2.75, 3.05) is 13.6 Å². The first kappa shape index (κ1) is 20.7. The number of hydrogen-bond donors (Lipinski definition) is 2. The number of likely N-dealkylation sites (N-methyl/N-ethyl adjacent to an activating group) is 1. The van der Waals surface area contributed by atoms with E-state index < -0.39 is 18.0 Å². The molecule has 2 N–H and O–H groups in total. The van der Waals surface area contributed by atoms with E-state index in [0.717, 1.165) is 6.42 Å². The van der Waals surface area contributed by atoms with Crippen molar-refractivity contribution < 1.29 is 14.4 Å². The average Bonchev–Trinajstić information content (AvgIpc) is 2.74. The van der Waals surface area contributed by atoms with Crippen molar-refractivity contribution in [3.8, 4) is 0 Å². The van der Waals surface area contributed by atoms with Gasteiger partial charge in [0.15, 0.2) is 0 Å². The number of carbonyl (C=O) groups is 3. The molecular formula is C22H21Cl2N3O3. The Morgan fingerprint density at radius 1 is 1.13 bits per heavy atom. The zero-order valence-electron chi connectivity index (χ0n) is 16.3. The van der Waals surface area contributed by atoms with Crippen LogP contribution < -0.4 is 10.6 Å². The van der Waals surface area contributed by atoms with E-state index in [9.17, 15) is 14.4 Å². The van der Waals surface area contributed by atoms with Crippen molar-refractivity contribution in [1.29, 1.82) is 0 Å². The second kappa shape index (κ2) is 8.28. The molecule has 0 spiro atoms. The average molecular weight is 446 g/mol. The van der Waals surface area contributed by atoms with Crippen LogP contribution in [0.25, 0.3) is 0 Å². The third-order valence-electron chi connectivity index (χ3n) is 5.78. The number of piperidine rings is 1. The molecule has 1 saturated heterocycles. The minimum Gasteiger partial charge on any atom is -0.359 e. The van der Waals surface area contributed by atoms with E-state index in [0.29, 0.717) is 39.7 Å². The number of hydrogen-bond acceptors (Lipinski definition) is 3. The quantitative estimate of drug-likeness (QED) is 0.760. The minimum absolute atomic E-state index is 0.222. The highest BCUT2D eigenvalue weighted by Gasteiger charge is 2.48. The smallest absolute Gasteiger partial charge is 0.255 e. The van der Waals surface area contributed by atoms with Gasteiger partial charge >= 0.3 is 0 Å². The lowest BCUT2D eigenvalue weighted by Crippen LogP contribution is -2.57. The Hall–Kier alpha value is -2.57. The predicted octanol–water partition coefficient (Wildman–Crippen LogP) is 3.30. The lowest BCUT2D eigenvalue weighted by Gasteiger charge is -2.46. The van der Waals surface area contributed by atoms with Gasteiger partial charge in [-0.2, -0.15) is 0 Å². The first-order valence-electron chi connectivity index (χ1n) is 9.80. The maximum Gasteiger partial charge on any atom is 0.255 e. The van der Waals surface area contributed by atoms with E-state index in [1.807, 2.05) is 0 Å². The van der Waals surface area contributed by atoms with E-state index >= 15 is 0 Å². The monoisotopic (exact) mass is 445 g/mol. The summed E-state index contributed by atoms with van der Waals surface area (Å²) in [5.41, 5.74) is 1.62. The van der Waals surface area contributed by atoms with Crippen LogP contribution in [-0.4, -0.2) is 42.3 Å². The van der Waals surface area contributed by atoms with Crippen molar-refractivity contribution in [2.24, 2.45) is 0 Å². The molecule has 8 heteroatoms. The third-order valence-corrected chi connectivity index (χ3v) is 6.34. The molecule has 2 aliphatic rings. The SMILES string of the molecule is CNC(=O)[C@H]1c2ccccc2C(=O)N([C@@H]2CCCNC2=O)[C@@H]1c1ccc(Cl)cc1Cl. The molecule has 1 fully saturated rings. The van der Waals surface area contributed by atoms with Gasteiger partial charge in [-0.25, -0.2) is 0 Å². The number of amides is 3. The van der Waals surface area contributed by atoms with Crippen molar-refractivity contribution in [2.45, 2.75) is 30.8 Å². The van der Waals surface area contributed by atoms with E-state index in [-0.39, 0.29) is 17.7 Å². The molecule has 3 amide bonds. The van der Waals surface area contributed by atoms with Crippen LogP contribution in [-0.2, 0) is 9.59 Å². The molecule has 2 heterocycles. The normalized spacial score (nSPS) is 23.6. The van der Waals surface area contributed by atoms with E-state index in [1.54, 1.807) is 49.5 Å². The fraction of sp³-hybridized carbons (Fsp3) is 0.318. The Morgan fingerprint density at radius 3 is 2.60 bits per heavy atom. The molecule has 4 rings (SSSR count). The van der Waals surface area contributed by atoms with Crippen molar-refractivity contribution >= 4 is 40.9 Å². The van der Waals surface area contributed by atoms with Crippen LogP contribution in [0.5, 0.6) is 0 Å². The Balaban J connectivity index is 1.96. The molecule has 0 aromatic heterocycles. The van der Waals surface area contributed by atoms with Gasteiger partial charge < -0.3 is 15.5 Å². The summed E-state index contributed by atoms with van der Waals surface area (Å²) in [6.45, 7) is 0.569. The van der Waals surface area contributed by atoms with Crippen LogP contribution in [0.1, 0.15) is 46.3 Å². The number of halogens is 2. The van der Waals surface area contributed by atoms with Gasteiger partial charge in [-0.1, -0.05) is 47.5 Å². The number of nitrogens with zero attached hydrogens (tertiary/aromatic N) is 1. The van der Waals surface area contributed by atoms with Crippen LogP contribution in [0.2, 0.25) is 10.0 Å². The maximum absolute atomic E-state index is 13.6. The zero-order valence-corrected chi connectivity index (χ0v) is 17.8. The summed E-state index contributed by atoms with van der Waals surface area (Å²) in [7, 11) is 1.56. The van der Waals surface area contributed by atoms with E-state index in [4.69, 9.17) is 23.2 Å². The van der Waals surface area contributed by atoms with Crippen LogP contribution in [0.15, 0.2) is 42.5 Å². The van der Waals surface area contributed by atoms with Crippen molar-refractivity contribution in [3.63, 3.8) is 0 Å². The van der Waals surface area contributed by atoms with Gasteiger partial charge in [-0.15, -0.1) is 0 Å². The minimum atomic E-state index is -0.744. The Morgan fingerprint density at radius 2 is 1.90 bits per heavy atom. The molecule has 0 bridgehead atoms. The molecule has 6 nitrogen and oxygen atoms in total. The zero-order chi connectivity index (χ0) is 21.4. The van der Waals surface area contributed by atoms with Crippen molar-refractivity contribution in [1.82, 2.24) is 15.5 Å². The van der Waals surface area contributed by atoms with Crippen LogP contribution in [0.4, 0.5) is 0 Å². The lowest BCUT2D eigenvalue weighted by molar-refractivity contribution is -0.131. The molecule has 2 aromatic carbocycles. The largest absolute Gasteiger partial charge is 0.359 e. The molecular weight excluding hydrogens is 425 g/mol. The van der Waals surface area contributed by atoms with Crippen LogP contribution in [0, 0.1) is 0 Å². The maximum atomic E-state index is 13.6. The van der Waals surface area contributed by atoms with Crippen LogP contribution in [0.3, 0.4) is 0 Å². The molecule has 0 aliphatic carbocycles. The summed E-state index contributed by atoms with van der Waals surface area (Å²) in [5, 5.41) is 6.34. The summed E-state index contributed by atoms with van der Waals surface area (Å²) in [4.78, 5) is 41.0. The first-order valence-corrected chi connectivity index (χ1v) is 10.6. The Kier molecular flexibility index (Phi) is 5.71. The highest BCUT2D eigenvalue weighted by Crippen LogP contribution is 2.46. The summed E-state index contributed by atoms with van der Waals surface area (Å²) in [5.74, 6) is -1.49. The summed E-state index contributed by atoms with van der Waals surface area (Å²) < 4.78 is 0. The summed E-state index contributed by atoms with van der Waals surface area (Å²) in [6.07, 6.45) is 1.26. The van der Waals surface area contributed by atoms with E-state index in [1.165, 1.54) is 4.90 Å². The van der Waals surface area contributed by atoms with Crippen molar-refractivity contribution in [3.05, 3.63) is 69.2 Å². The van der Waals surface area contributed by atoms with Gasteiger partial charge in [0.1, 0.15) is 6.04 Å². The molecule has 2 aliphatic heterocycles. The standard InChI is InChI=1S/C22H21Cl2N3O3/c1-25-21(29)18-13-5-2-3-6-14(13)22(30)27(17-7-4-10-26-20(17)28)19(18)15-9-8-12(23)11-16(15)24/h2-3,5-6,8-9,11,17-19H,4,7,10H2,1H3,(H,25,29)(H,26,28)/t17-,18+,19-/m1/s1. The lowest BCUT2D eigenvalue weighted by atomic mass is 9.78.